The topological polar surface area (TPSA) is 121 Å². The van der Waals surface area contributed by atoms with E-state index in [1.165, 1.54) is 36.0 Å². The molecule has 1 unspecified atom stereocenters. The summed E-state index contributed by atoms with van der Waals surface area (Å²) < 4.78 is 13.4. The highest BCUT2D eigenvalue weighted by Crippen LogP contribution is 2.30. The Morgan fingerprint density at radius 3 is 2.45 bits per heavy atom. The number of fused-ring (bicyclic) bond motifs is 1. The summed E-state index contributed by atoms with van der Waals surface area (Å²) in [6, 6.07) is 27.0. The molecule has 5 aromatic rings. The van der Waals surface area contributed by atoms with Gasteiger partial charge in [0.15, 0.2) is 11.0 Å². The zero-order valence-corrected chi connectivity index (χ0v) is 22.5. The molecule has 40 heavy (non-hydrogen) atoms. The Labute approximate surface area is 234 Å². The number of non-ortho nitro benzene ring substituents is 1. The van der Waals surface area contributed by atoms with Crippen LogP contribution in [0.25, 0.3) is 16.5 Å². The van der Waals surface area contributed by atoms with Crippen molar-refractivity contribution in [2.24, 2.45) is 0 Å². The number of thioether (sulfide) groups is 1. The van der Waals surface area contributed by atoms with E-state index >= 15 is 0 Å². The van der Waals surface area contributed by atoms with Crippen LogP contribution in [0.4, 0.5) is 11.4 Å². The summed E-state index contributed by atoms with van der Waals surface area (Å²) in [4.78, 5) is 23.4. The average Bonchev–Trinajstić information content (AvgIpc) is 3.38. The van der Waals surface area contributed by atoms with E-state index in [1.807, 2.05) is 71.3 Å². The highest BCUT2D eigenvalue weighted by Gasteiger charge is 2.22. The highest BCUT2D eigenvalue weighted by atomic mass is 32.2. The van der Waals surface area contributed by atoms with E-state index in [4.69, 9.17) is 9.47 Å². The summed E-state index contributed by atoms with van der Waals surface area (Å²) in [7, 11) is 1.60. The Morgan fingerprint density at radius 2 is 1.73 bits per heavy atom. The number of methoxy groups -OCH3 is 1. The Morgan fingerprint density at radius 1 is 1.00 bits per heavy atom. The number of anilines is 1. The van der Waals surface area contributed by atoms with Gasteiger partial charge in [0.05, 0.1) is 17.3 Å². The van der Waals surface area contributed by atoms with Gasteiger partial charge in [-0.05, 0) is 54.8 Å². The Kier molecular flexibility index (Phi) is 7.92. The lowest BCUT2D eigenvalue weighted by molar-refractivity contribution is -0.384. The number of nitrogens with one attached hydrogen (secondary N) is 1. The Balaban J connectivity index is 1.38. The van der Waals surface area contributed by atoms with Gasteiger partial charge >= 0.3 is 0 Å². The number of nitrogens with zero attached hydrogens (tertiary/aromatic N) is 4. The van der Waals surface area contributed by atoms with Crippen LogP contribution < -0.4 is 14.8 Å². The second kappa shape index (κ2) is 11.9. The van der Waals surface area contributed by atoms with Crippen LogP contribution in [-0.4, -0.2) is 38.0 Å². The molecule has 1 atom stereocenters. The number of hydrogen-bond acceptors (Lipinski definition) is 8. The van der Waals surface area contributed by atoms with Gasteiger partial charge in [-0.2, -0.15) is 0 Å². The van der Waals surface area contributed by atoms with E-state index in [2.05, 4.69) is 15.5 Å². The van der Waals surface area contributed by atoms with Crippen molar-refractivity contribution in [2.45, 2.75) is 23.9 Å². The lowest BCUT2D eigenvalue weighted by atomic mass is 10.1. The van der Waals surface area contributed by atoms with Crippen molar-refractivity contribution in [3.8, 4) is 17.2 Å². The molecule has 11 heteroatoms. The van der Waals surface area contributed by atoms with Gasteiger partial charge in [0.1, 0.15) is 18.1 Å². The number of aromatic nitrogens is 3. The number of carbonyl (C=O) groups excluding carboxylic acids is 1. The number of ether oxygens (including phenoxy) is 2. The summed E-state index contributed by atoms with van der Waals surface area (Å²) in [5, 5.41) is 24.5. The van der Waals surface area contributed by atoms with Crippen molar-refractivity contribution < 1.29 is 19.2 Å². The first-order valence-corrected chi connectivity index (χ1v) is 13.2. The van der Waals surface area contributed by atoms with Gasteiger partial charge < -0.3 is 14.8 Å². The predicted molar refractivity (Wildman–Crippen MR) is 153 cm³/mol. The molecule has 0 saturated heterocycles. The standard InChI is InChI=1S/C29H25N5O5S/c1-19(28(35)30-21-10-12-23(13-11-21)34(36)37)40-29-32-31-27(33(29)22-14-16-24(38-2)17-15-22)18-39-26-9-5-7-20-6-3-4-8-25(20)26/h3-17,19H,18H2,1-2H3,(H,30,35). The van der Waals surface area contributed by atoms with Crippen LogP contribution in [0.2, 0.25) is 0 Å². The number of benzene rings is 4. The minimum Gasteiger partial charge on any atom is -0.497 e. The predicted octanol–water partition coefficient (Wildman–Crippen LogP) is 6.04. The number of nitro groups is 1. The fourth-order valence-corrected chi connectivity index (χ4v) is 4.93. The van der Waals surface area contributed by atoms with E-state index in [-0.39, 0.29) is 18.2 Å². The summed E-state index contributed by atoms with van der Waals surface area (Å²) in [5.74, 6) is 1.71. The first-order chi connectivity index (χ1) is 19.4. The van der Waals surface area contributed by atoms with Crippen LogP contribution in [-0.2, 0) is 11.4 Å². The maximum Gasteiger partial charge on any atom is 0.269 e. The molecule has 0 bridgehead atoms. The first-order valence-electron chi connectivity index (χ1n) is 12.3. The van der Waals surface area contributed by atoms with Crippen LogP contribution >= 0.6 is 11.8 Å². The van der Waals surface area contributed by atoms with Crippen molar-refractivity contribution >= 4 is 39.8 Å². The molecule has 1 aromatic heterocycles. The van der Waals surface area contributed by atoms with E-state index in [0.717, 1.165) is 22.2 Å². The lowest BCUT2D eigenvalue weighted by Crippen LogP contribution is -2.23. The normalized spacial score (nSPS) is 11.7. The summed E-state index contributed by atoms with van der Waals surface area (Å²) >= 11 is 1.24. The second-order valence-electron chi connectivity index (χ2n) is 8.75. The minimum absolute atomic E-state index is 0.0498. The van der Waals surface area contributed by atoms with Gasteiger partial charge in [-0.25, -0.2) is 0 Å². The van der Waals surface area contributed by atoms with Gasteiger partial charge in [-0.3, -0.25) is 19.5 Å². The Bertz CT molecular complexity index is 1650. The summed E-state index contributed by atoms with van der Waals surface area (Å²) in [5.41, 5.74) is 1.20. The molecule has 0 saturated carbocycles. The zero-order valence-electron chi connectivity index (χ0n) is 21.7. The maximum atomic E-state index is 12.9. The number of amides is 1. The smallest absolute Gasteiger partial charge is 0.269 e. The average molecular weight is 556 g/mol. The molecule has 0 radical (unpaired) electrons. The van der Waals surface area contributed by atoms with Gasteiger partial charge in [0.25, 0.3) is 5.69 Å². The minimum atomic E-state index is -0.553. The molecule has 0 aliphatic carbocycles. The number of rotatable bonds is 10. The molecule has 5 rings (SSSR count). The van der Waals surface area contributed by atoms with Crippen LogP contribution in [0.3, 0.4) is 0 Å². The highest BCUT2D eigenvalue weighted by molar-refractivity contribution is 8.00. The zero-order chi connectivity index (χ0) is 28.1. The molecule has 4 aromatic carbocycles. The van der Waals surface area contributed by atoms with Crippen molar-refractivity contribution in [1.82, 2.24) is 14.8 Å². The third-order valence-corrected chi connectivity index (χ3v) is 7.18. The van der Waals surface area contributed by atoms with E-state index < -0.39 is 10.2 Å². The van der Waals surface area contributed by atoms with Gasteiger partial charge in [-0.15, -0.1) is 10.2 Å². The summed E-state index contributed by atoms with van der Waals surface area (Å²) in [6.45, 7) is 1.90. The quantitative estimate of drug-likeness (QED) is 0.126. The molecule has 202 valence electrons. The largest absolute Gasteiger partial charge is 0.497 e. The molecule has 0 spiro atoms. The van der Waals surface area contributed by atoms with Crippen molar-refractivity contribution in [3.63, 3.8) is 0 Å². The van der Waals surface area contributed by atoms with Gasteiger partial charge in [0, 0.05) is 28.9 Å². The molecular weight excluding hydrogens is 530 g/mol. The van der Waals surface area contributed by atoms with E-state index in [9.17, 15) is 14.9 Å². The fraction of sp³-hybridized carbons (Fsp3) is 0.138. The fourth-order valence-electron chi connectivity index (χ4n) is 4.05. The van der Waals surface area contributed by atoms with Crippen LogP contribution in [0.1, 0.15) is 12.7 Å². The molecule has 1 heterocycles. The molecule has 0 aliphatic rings. The first kappa shape index (κ1) is 26.7. The van der Waals surface area contributed by atoms with E-state index in [1.54, 1.807) is 14.0 Å². The van der Waals surface area contributed by atoms with E-state index in [0.29, 0.717) is 22.4 Å². The molecule has 0 aliphatic heterocycles. The van der Waals surface area contributed by atoms with Crippen LogP contribution in [0.5, 0.6) is 11.5 Å². The SMILES string of the molecule is COc1ccc(-n2c(COc3cccc4ccccc34)nnc2SC(C)C(=O)Nc2ccc([N+](=O)[O-])cc2)cc1. The maximum absolute atomic E-state index is 12.9. The van der Waals surface area contributed by atoms with Crippen LogP contribution in [0.15, 0.2) is 96.2 Å². The molecule has 0 fully saturated rings. The van der Waals surface area contributed by atoms with Crippen LogP contribution in [0, 0.1) is 10.1 Å². The van der Waals surface area contributed by atoms with Gasteiger partial charge in [-0.1, -0.05) is 48.2 Å². The molecule has 10 nitrogen and oxygen atoms in total. The third kappa shape index (κ3) is 5.89. The van der Waals surface area contributed by atoms with Crippen molar-refractivity contribution in [1.29, 1.82) is 0 Å². The lowest BCUT2D eigenvalue weighted by Gasteiger charge is -2.15. The van der Waals surface area contributed by atoms with Crippen molar-refractivity contribution in [2.75, 3.05) is 12.4 Å². The number of nitro benzene ring substituents is 1. The van der Waals surface area contributed by atoms with Gasteiger partial charge in [0.2, 0.25) is 5.91 Å². The van der Waals surface area contributed by atoms with Crippen molar-refractivity contribution in [3.05, 3.63) is 107 Å². The Hall–Kier alpha value is -4.90. The molecule has 1 amide bonds. The monoisotopic (exact) mass is 555 g/mol. The third-order valence-electron chi connectivity index (χ3n) is 6.13. The second-order valence-corrected chi connectivity index (χ2v) is 10.1. The number of hydrogen-bond donors (Lipinski definition) is 1. The molecular formula is C29H25N5O5S. The molecule has 1 N–H and O–H groups in total. The summed E-state index contributed by atoms with van der Waals surface area (Å²) in [6.07, 6.45) is 0. The number of carbonyl (C=O) groups is 1.